The second kappa shape index (κ2) is 11.3. The number of nitrogens with one attached hydrogen (secondary N) is 1. The van der Waals surface area contributed by atoms with Crippen LogP contribution in [0.4, 0.5) is 0 Å². The van der Waals surface area contributed by atoms with Gasteiger partial charge in [-0.05, 0) is 0 Å². The standard InChI is InChI=1S/C14H25NO17S2/c1-4(16)15-7-9(18)12(6(30-13(7)21)3-29-34(25,26)27)32-14-11(20)10(19)8(17)5(31-14)2-28-33(22,23)24/h5-14,17-21H,2-3H2,1H3,(H,15,16)(H,22,23,24)(H,25,26,27)/t5-,6-,7-,8+,9+,10+,11+,12-,13-,14+/m1/s1. The van der Waals surface area contributed by atoms with Gasteiger partial charge in [0.05, 0.1) is 13.2 Å². The fourth-order valence-corrected chi connectivity index (χ4v) is 3.87. The second-order valence-corrected chi connectivity index (χ2v) is 9.50. The van der Waals surface area contributed by atoms with Crippen LogP contribution in [0.25, 0.3) is 0 Å². The first-order valence-electron chi connectivity index (χ1n) is 9.37. The molecule has 0 aromatic heterocycles. The zero-order valence-electron chi connectivity index (χ0n) is 17.2. The highest BCUT2D eigenvalue weighted by Gasteiger charge is 2.51. The Morgan fingerprint density at radius 1 is 0.824 bits per heavy atom. The molecule has 2 heterocycles. The number of hydrogen-bond donors (Lipinski definition) is 8. The first kappa shape index (κ1) is 29.1. The van der Waals surface area contributed by atoms with Crippen molar-refractivity contribution in [3.63, 3.8) is 0 Å². The molecule has 18 nitrogen and oxygen atoms in total. The number of rotatable bonds is 9. The second-order valence-electron chi connectivity index (χ2n) is 7.32. The molecule has 2 rings (SSSR count). The van der Waals surface area contributed by atoms with E-state index in [4.69, 9.17) is 23.3 Å². The molecule has 0 unspecified atom stereocenters. The molecule has 20 heteroatoms. The van der Waals surface area contributed by atoms with Crippen LogP contribution in [0.5, 0.6) is 0 Å². The van der Waals surface area contributed by atoms with Crippen LogP contribution in [0.15, 0.2) is 0 Å². The summed E-state index contributed by atoms with van der Waals surface area (Å²) >= 11 is 0. The SMILES string of the molecule is CC(=O)N[C@@H]1[C@H](O)[C@H](O[C@@H]2O[C@H](COS(=O)(=O)O)[C@H](O)[C@H](O)[C@@H]2O)[C@@H](COS(=O)(=O)O)O[C@H]1O. The van der Waals surface area contributed by atoms with Gasteiger partial charge in [0.25, 0.3) is 0 Å². The van der Waals surface area contributed by atoms with E-state index in [-0.39, 0.29) is 0 Å². The molecule has 10 atom stereocenters. The summed E-state index contributed by atoms with van der Waals surface area (Å²) in [5, 5.41) is 53.1. The molecule has 2 aliphatic rings. The van der Waals surface area contributed by atoms with Gasteiger partial charge in [-0.25, -0.2) is 8.37 Å². The van der Waals surface area contributed by atoms with Crippen LogP contribution < -0.4 is 5.32 Å². The normalized spacial score (nSPS) is 39.5. The first-order valence-corrected chi connectivity index (χ1v) is 12.1. The average Bonchev–Trinajstić information content (AvgIpc) is 2.69. The van der Waals surface area contributed by atoms with Gasteiger partial charge in [0.15, 0.2) is 12.6 Å². The number of hydrogen-bond acceptors (Lipinski definition) is 15. The maximum Gasteiger partial charge on any atom is 0.397 e. The van der Waals surface area contributed by atoms with Gasteiger partial charge in [-0.15, -0.1) is 0 Å². The number of aliphatic hydroxyl groups is 5. The molecule has 200 valence electrons. The number of carbonyl (C=O) groups is 1. The van der Waals surface area contributed by atoms with E-state index in [1.807, 2.05) is 0 Å². The number of carbonyl (C=O) groups excluding carboxylic acids is 1. The van der Waals surface area contributed by atoms with Gasteiger partial charge in [-0.1, -0.05) is 0 Å². The number of aliphatic hydroxyl groups excluding tert-OH is 5. The van der Waals surface area contributed by atoms with Gasteiger partial charge >= 0.3 is 20.8 Å². The summed E-state index contributed by atoms with van der Waals surface area (Å²) in [5.74, 6) is -0.729. The highest BCUT2D eigenvalue weighted by molar-refractivity contribution is 7.81. The molecule has 0 bridgehead atoms. The van der Waals surface area contributed by atoms with E-state index in [1.165, 1.54) is 0 Å². The Bertz CT molecular complexity index is 911. The summed E-state index contributed by atoms with van der Waals surface area (Å²) in [4.78, 5) is 11.4. The molecule has 0 spiro atoms. The Morgan fingerprint density at radius 2 is 1.35 bits per heavy atom. The molecular formula is C14H25NO17S2. The van der Waals surface area contributed by atoms with Gasteiger partial charge in [0, 0.05) is 6.92 Å². The minimum absolute atomic E-state index is 0.729. The molecular weight excluding hydrogens is 518 g/mol. The Morgan fingerprint density at radius 3 is 1.85 bits per heavy atom. The summed E-state index contributed by atoms with van der Waals surface area (Å²) in [6.45, 7) is -1.06. The molecule has 0 aromatic rings. The van der Waals surface area contributed by atoms with Crippen molar-refractivity contribution in [1.29, 1.82) is 0 Å². The lowest BCUT2D eigenvalue weighted by molar-refractivity contribution is -0.344. The van der Waals surface area contributed by atoms with E-state index in [0.29, 0.717) is 0 Å². The van der Waals surface area contributed by atoms with Crippen molar-refractivity contribution in [2.45, 2.75) is 68.3 Å². The zero-order valence-corrected chi connectivity index (χ0v) is 18.9. The molecule has 0 saturated carbocycles. The molecule has 8 N–H and O–H groups in total. The first-order chi connectivity index (χ1) is 15.5. The minimum Gasteiger partial charge on any atom is -0.388 e. The minimum atomic E-state index is -5.02. The quantitative estimate of drug-likeness (QED) is 0.126. The summed E-state index contributed by atoms with van der Waals surface area (Å²) < 4.78 is 84.7. The zero-order chi connectivity index (χ0) is 26.0. The fraction of sp³-hybridized carbons (Fsp3) is 0.929. The monoisotopic (exact) mass is 543 g/mol. The molecule has 0 aliphatic carbocycles. The van der Waals surface area contributed by atoms with E-state index < -0.39 is 101 Å². The van der Waals surface area contributed by atoms with Crippen molar-refractivity contribution >= 4 is 26.7 Å². The van der Waals surface area contributed by atoms with E-state index in [2.05, 4.69) is 13.7 Å². The Hall–Kier alpha value is -1.11. The third kappa shape index (κ3) is 7.96. The van der Waals surface area contributed by atoms with Crippen LogP contribution in [-0.2, 0) is 48.2 Å². The van der Waals surface area contributed by atoms with Crippen molar-refractivity contribution < 1.29 is 78.8 Å². The van der Waals surface area contributed by atoms with Crippen LogP contribution in [0.1, 0.15) is 6.92 Å². The van der Waals surface area contributed by atoms with Crippen molar-refractivity contribution in [2.24, 2.45) is 0 Å². The van der Waals surface area contributed by atoms with Gasteiger partial charge in [0.1, 0.15) is 48.8 Å². The van der Waals surface area contributed by atoms with Gasteiger partial charge in [0.2, 0.25) is 5.91 Å². The molecule has 2 saturated heterocycles. The molecule has 34 heavy (non-hydrogen) atoms. The van der Waals surface area contributed by atoms with Gasteiger partial charge in [-0.3, -0.25) is 13.9 Å². The lowest BCUT2D eigenvalue weighted by Gasteiger charge is -2.46. The smallest absolute Gasteiger partial charge is 0.388 e. The van der Waals surface area contributed by atoms with Crippen LogP contribution in [0.3, 0.4) is 0 Å². The molecule has 0 aromatic carbocycles. The topological polar surface area (TPSA) is 285 Å². The molecule has 1 amide bonds. The highest BCUT2D eigenvalue weighted by Crippen LogP contribution is 2.29. The van der Waals surface area contributed by atoms with E-state index in [0.717, 1.165) is 6.92 Å². The van der Waals surface area contributed by atoms with Gasteiger partial charge < -0.3 is 45.1 Å². The van der Waals surface area contributed by atoms with Crippen molar-refractivity contribution in [1.82, 2.24) is 5.32 Å². The lowest BCUT2D eigenvalue weighted by Crippen LogP contribution is -2.67. The summed E-state index contributed by atoms with van der Waals surface area (Å²) in [6.07, 6.45) is -17.0. The van der Waals surface area contributed by atoms with Crippen molar-refractivity contribution in [3.8, 4) is 0 Å². The molecule has 2 aliphatic heterocycles. The van der Waals surface area contributed by atoms with Crippen molar-refractivity contribution in [3.05, 3.63) is 0 Å². The van der Waals surface area contributed by atoms with Crippen molar-refractivity contribution in [2.75, 3.05) is 13.2 Å². The van der Waals surface area contributed by atoms with E-state index >= 15 is 0 Å². The molecule has 0 radical (unpaired) electrons. The van der Waals surface area contributed by atoms with Crippen LogP contribution in [-0.4, -0.2) is 132 Å². The number of ether oxygens (including phenoxy) is 3. The lowest BCUT2D eigenvalue weighted by atomic mass is 9.95. The van der Waals surface area contributed by atoms with Crippen LogP contribution >= 0.6 is 0 Å². The third-order valence-electron chi connectivity index (χ3n) is 4.78. The maximum absolute atomic E-state index is 11.4. The van der Waals surface area contributed by atoms with E-state index in [9.17, 15) is 47.2 Å². The number of amides is 1. The summed E-state index contributed by atoms with van der Waals surface area (Å²) in [7, 11) is -10.0. The Labute approximate surface area is 192 Å². The van der Waals surface area contributed by atoms with Crippen LogP contribution in [0.2, 0.25) is 0 Å². The predicted octanol–water partition coefficient (Wildman–Crippen LogP) is -5.60. The maximum atomic E-state index is 11.4. The summed E-state index contributed by atoms with van der Waals surface area (Å²) in [5.41, 5.74) is 0. The fourth-order valence-electron chi connectivity index (χ4n) is 3.26. The Kier molecular flexibility index (Phi) is 9.68. The predicted molar refractivity (Wildman–Crippen MR) is 101 cm³/mol. The average molecular weight is 543 g/mol. The largest absolute Gasteiger partial charge is 0.397 e. The third-order valence-corrected chi connectivity index (χ3v) is 5.65. The highest BCUT2D eigenvalue weighted by atomic mass is 32.3. The van der Waals surface area contributed by atoms with Crippen LogP contribution in [0, 0.1) is 0 Å². The van der Waals surface area contributed by atoms with E-state index in [1.54, 1.807) is 0 Å². The summed E-state index contributed by atoms with van der Waals surface area (Å²) in [6, 6.07) is -1.56. The van der Waals surface area contributed by atoms with Gasteiger partial charge in [-0.2, -0.15) is 16.8 Å². The molecule has 2 fully saturated rings. The Balaban J connectivity index is 2.27.